The molecule has 7 heteroatoms. The Balaban J connectivity index is 2.23. The molecule has 1 aromatic heterocycles. The zero-order valence-electron chi connectivity index (χ0n) is 11.9. The first-order chi connectivity index (χ1) is 9.97. The van der Waals surface area contributed by atoms with Crippen molar-refractivity contribution in [1.29, 1.82) is 0 Å². The Kier molecular flexibility index (Phi) is 6.73. The molecule has 0 spiro atoms. The molecule has 7 nitrogen and oxygen atoms in total. The molecule has 2 N–H and O–H groups in total. The lowest BCUT2D eigenvalue weighted by molar-refractivity contribution is -0.143. The Morgan fingerprint density at radius 2 is 2.14 bits per heavy atom. The predicted molar refractivity (Wildman–Crippen MR) is 75.1 cm³/mol. The third kappa shape index (κ3) is 7.56. The first-order valence-corrected chi connectivity index (χ1v) is 6.43. The van der Waals surface area contributed by atoms with Gasteiger partial charge in [0, 0.05) is 12.6 Å². The maximum absolute atomic E-state index is 11.3. The molecule has 0 aliphatic carbocycles. The van der Waals surface area contributed by atoms with Gasteiger partial charge < -0.3 is 14.5 Å². The number of carbonyl (C=O) groups excluding carboxylic acids is 3. The molecule has 0 bridgehead atoms. The SMILES string of the molecule is CC(C)CNC(=O)NC(=O)COC(=O)C=Cc1ccco1. The number of esters is 1. The van der Waals surface area contributed by atoms with Crippen LogP contribution in [0.5, 0.6) is 0 Å². The van der Waals surface area contributed by atoms with Gasteiger partial charge in [-0.2, -0.15) is 0 Å². The van der Waals surface area contributed by atoms with E-state index in [0.29, 0.717) is 12.3 Å². The van der Waals surface area contributed by atoms with Gasteiger partial charge in [0.15, 0.2) is 6.61 Å². The monoisotopic (exact) mass is 294 g/mol. The van der Waals surface area contributed by atoms with Gasteiger partial charge in [-0.05, 0) is 24.1 Å². The largest absolute Gasteiger partial charge is 0.465 e. The van der Waals surface area contributed by atoms with Crippen molar-refractivity contribution in [1.82, 2.24) is 10.6 Å². The van der Waals surface area contributed by atoms with Crippen molar-refractivity contribution in [3.05, 3.63) is 30.2 Å². The molecule has 1 heterocycles. The van der Waals surface area contributed by atoms with E-state index in [0.717, 1.165) is 6.08 Å². The van der Waals surface area contributed by atoms with Gasteiger partial charge in [0.1, 0.15) is 5.76 Å². The fourth-order valence-electron chi connectivity index (χ4n) is 1.22. The summed E-state index contributed by atoms with van der Waals surface area (Å²) in [5.74, 6) is -0.639. The molecule has 0 aromatic carbocycles. The fraction of sp³-hybridized carbons (Fsp3) is 0.357. The van der Waals surface area contributed by atoms with Crippen LogP contribution in [0.2, 0.25) is 0 Å². The van der Waals surface area contributed by atoms with Gasteiger partial charge in [-0.3, -0.25) is 10.1 Å². The van der Waals surface area contributed by atoms with E-state index in [1.807, 2.05) is 13.8 Å². The molecule has 0 fully saturated rings. The van der Waals surface area contributed by atoms with Crippen molar-refractivity contribution in [2.45, 2.75) is 13.8 Å². The lowest BCUT2D eigenvalue weighted by atomic mass is 10.2. The Labute approximate surface area is 122 Å². The normalized spacial score (nSPS) is 10.6. The summed E-state index contributed by atoms with van der Waals surface area (Å²) in [6, 6.07) is 2.72. The molecule has 1 aromatic rings. The van der Waals surface area contributed by atoms with Gasteiger partial charge in [-0.15, -0.1) is 0 Å². The van der Waals surface area contributed by atoms with E-state index in [2.05, 4.69) is 15.4 Å². The summed E-state index contributed by atoms with van der Waals surface area (Å²) in [5, 5.41) is 4.56. The van der Waals surface area contributed by atoms with Crippen LogP contribution in [0.25, 0.3) is 6.08 Å². The van der Waals surface area contributed by atoms with Gasteiger partial charge >= 0.3 is 12.0 Å². The first-order valence-electron chi connectivity index (χ1n) is 6.43. The van der Waals surface area contributed by atoms with Crippen LogP contribution >= 0.6 is 0 Å². The highest BCUT2D eigenvalue weighted by Gasteiger charge is 2.09. The Bertz CT molecular complexity index is 505. The lowest BCUT2D eigenvalue weighted by Crippen LogP contribution is -2.42. The summed E-state index contributed by atoms with van der Waals surface area (Å²) in [6.07, 6.45) is 4.01. The van der Waals surface area contributed by atoms with Crippen LogP contribution in [-0.2, 0) is 14.3 Å². The van der Waals surface area contributed by atoms with Crippen LogP contribution in [0.15, 0.2) is 28.9 Å². The molecule has 1 rings (SSSR count). The predicted octanol–water partition coefficient (Wildman–Crippen LogP) is 1.32. The molecular weight excluding hydrogens is 276 g/mol. The molecule has 0 unspecified atom stereocenters. The Hall–Kier alpha value is -2.57. The molecule has 0 atom stereocenters. The van der Waals surface area contributed by atoms with Gasteiger partial charge in [0.25, 0.3) is 5.91 Å². The van der Waals surface area contributed by atoms with Crippen molar-refractivity contribution < 1.29 is 23.5 Å². The molecule has 114 valence electrons. The zero-order valence-corrected chi connectivity index (χ0v) is 11.9. The van der Waals surface area contributed by atoms with Crippen LogP contribution in [0.3, 0.4) is 0 Å². The Morgan fingerprint density at radius 3 is 2.76 bits per heavy atom. The summed E-state index contributed by atoms with van der Waals surface area (Å²) < 4.78 is 9.65. The van der Waals surface area contributed by atoms with Crippen LogP contribution in [-0.4, -0.2) is 31.1 Å². The minimum atomic E-state index is -0.705. The number of hydrogen-bond donors (Lipinski definition) is 2. The maximum atomic E-state index is 11.3. The Morgan fingerprint density at radius 1 is 1.38 bits per heavy atom. The number of urea groups is 1. The number of furan rings is 1. The third-order valence-corrected chi connectivity index (χ3v) is 2.20. The van der Waals surface area contributed by atoms with Gasteiger partial charge in [-0.25, -0.2) is 9.59 Å². The van der Waals surface area contributed by atoms with Crippen LogP contribution in [0, 0.1) is 5.92 Å². The number of amides is 3. The molecule has 0 saturated heterocycles. The van der Waals surface area contributed by atoms with Crippen molar-refractivity contribution in [2.75, 3.05) is 13.2 Å². The van der Waals surface area contributed by atoms with Crippen molar-refractivity contribution in [2.24, 2.45) is 5.92 Å². The molecular formula is C14H18N2O5. The van der Waals surface area contributed by atoms with Gasteiger partial charge in [0.05, 0.1) is 6.26 Å². The number of carbonyl (C=O) groups is 3. The molecule has 0 aliphatic heterocycles. The zero-order chi connectivity index (χ0) is 15.7. The van der Waals surface area contributed by atoms with E-state index in [-0.39, 0.29) is 5.92 Å². The molecule has 0 aliphatic rings. The number of nitrogens with one attached hydrogen (secondary N) is 2. The maximum Gasteiger partial charge on any atom is 0.331 e. The van der Waals surface area contributed by atoms with Crippen LogP contribution < -0.4 is 10.6 Å². The quantitative estimate of drug-likeness (QED) is 0.609. The molecule has 3 amide bonds. The van der Waals surface area contributed by atoms with E-state index in [9.17, 15) is 14.4 Å². The number of hydrogen-bond acceptors (Lipinski definition) is 5. The van der Waals surface area contributed by atoms with Crippen molar-refractivity contribution in [3.63, 3.8) is 0 Å². The van der Waals surface area contributed by atoms with Crippen molar-refractivity contribution >= 4 is 24.0 Å². The summed E-state index contributed by atoms with van der Waals surface area (Å²) in [6.45, 7) is 3.77. The highest BCUT2D eigenvalue weighted by molar-refractivity contribution is 5.96. The van der Waals surface area contributed by atoms with E-state index in [4.69, 9.17) is 4.42 Å². The summed E-state index contributed by atoms with van der Waals surface area (Å²) >= 11 is 0. The van der Waals surface area contributed by atoms with E-state index in [1.165, 1.54) is 12.3 Å². The summed E-state index contributed by atoms with van der Waals surface area (Å²) in [5.41, 5.74) is 0. The van der Waals surface area contributed by atoms with Crippen molar-refractivity contribution in [3.8, 4) is 0 Å². The fourth-order valence-corrected chi connectivity index (χ4v) is 1.22. The summed E-state index contributed by atoms with van der Waals surface area (Å²) in [4.78, 5) is 33.9. The second kappa shape index (κ2) is 8.57. The van der Waals surface area contributed by atoms with Crippen LogP contribution in [0.4, 0.5) is 4.79 Å². The summed E-state index contributed by atoms with van der Waals surface area (Å²) in [7, 11) is 0. The minimum absolute atomic E-state index is 0.274. The van der Waals surface area contributed by atoms with E-state index in [1.54, 1.807) is 12.1 Å². The second-order valence-corrected chi connectivity index (χ2v) is 4.61. The third-order valence-electron chi connectivity index (χ3n) is 2.20. The lowest BCUT2D eigenvalue weighted by Gasteiger charge is -2.08. The minimum Gasteiger partial charge on any atom is -0.465 e. The number of ether oxygens (including phenoxy) is 1. The number of rotatable bonds is 6. The van der Waals surface area contributed by atoms with Crippen LogP contribution in [0.1, 0.15) is 19.6 Å². The highest BCUT2D eigenvalue weighted by Crippen LogP contribution is 2.02. The van der Waals surface area contributed by atoms with Gasteiger partial charge in [-0.1, -0.05) is 13.8 Å². The standard InChI is InChI=1S/C14H18N2O5/c1-10(2)8-15-14(19)16-12(17)9-21-13(18)6-5-11-4-3-7-20-11/h3-7,10H,8-9H2,1-2H3,(H2,15,16,17,19). The molecule has 0 radical (unpaired) electrons. The average Bonchev–Trinajstić information content (AvgIpc) is 2.94. The average molecular weight is 294 g/mol. The van der Waals surface area contributed by atoms with Gasteiger partial charge in [0.2, 0.25) is 0 Å². The number of imide groups is 1. The van der Waals surface area contributed by atoms with E-state index >= 15 is 0 Å². The smallest absolute Gasteiger partial charge is 0.331 e. The molecule has 21 heavy (non-hydrogen) atoms. The second-order valence-electron chi connectivity index (χ2n) is 4.61. The highest BCUT2D eigenvalue weighted by atomic mass is 16.5. The van der Waals surface area contributed by atoms with E-state index < -0.39 is 24.5 Å². The topological polar surface area (TPSA) is 97.6 Å². The first kappa shape index (κ1) is 16.5. The molecule has 0 saturated carbocycles.